The largest absolute Gasteiger partial charge is 0.481 e. The molecule has 0 saturated carbocycles. The zero-order valence-corrected chi connectivity index (χ0v) is 11.6. The minimum atomic E-state index is -0.705. The first-order valence-corrected chi connectivity index (χ1v) is 7.07. The summed E-state index contributed by atoms with van der Waals surface area (Å²) in [6.07, 6.45) is 5.61. The minimum absolute atomic E-state index is 0.193. The van der Waals surface area contributed by atoms with Gasteiger partial charge >= 0.3 is 5.97 Å². The van der Waals surface area contributed by atoms with Crippen molar-refractivity contribution in [2.75, 3.05) is 13.1 Å². The molecule has 0 atom stereocenters. The molecule has 1 rings (SSSR count). The van der Waals surface area contributed by atoms with E-state index in [1.54, 1.807) is 0 Å². The monoisotopic (exact) mass is 255 g/mol. The molecule has 0 unspecified atom stereocenters. The Kier molecular flexibility index (Phi) is 5.63. The summed E-state index contributed by atoms with van der Waals surface area (Å²) in [5.41, 5.74) is -0.597. The molecule has 0 spiro atoms. The molecule has 1 saturated heterocycles. The highest BCUT2D eigenvalue weighted by Gasteiger charge is 2.40. The Bertz CT molecular complexity index is 293. The molecule has 4 heteroatoms. The van der Waals surface area contributed by atoms with Crippen molar-refractivity contribution in [2.45, 2.75) is 58.8 Å². The molecule has 104 valence electrons. The number of piperidine rings is 1. The SMILES string of the molecule is CCCCCC(=O)N1CCC(CC)(C(=O)O)CC1. The molecule has 0 aliphatic carbocycles. The van der Waals surface area contributed by atoms with E-state index in [1.807, 2.05) is 11.8 Å². The van der Waals surface area contributed by atoms with E-state index >= 15 is 0 Å². The van der Waals surface area contributed by atoms with Gasteiger partial charge in [0.25, 0.3) is 0 Å². The Hall–Kier alpha value is -1.06. The van der Waals surface area contributed by atoms with Gasteiger partial charge < -0.3 is 10.0 Å². The highest BCUT2D eigenvalue weighted by Crippen LogP contribution is 2.35. The third-order valence-electron chi connectivity index (χ3n) is 4.20. The number of hydrogen-bond acceptors (Lipinski definition) is 2. The molecular weight excluding hydrogens is 230 g/mol. The van der Waals surface area contributed by atoms with Crippen LogP contribution in [-0.2, 0) is 9.59 Å². The van der Waals surface area contributed by atoms with Gasteiger partial charge in [0.05, 0.1) is 5.41 Å². The molecule has 0 aromatic rings. The fourth-order valence-corrected chi connectivity index (χ4v) is 2.59. The van der Waals surface area contributed by atoms with Gasteiger partial charge in [0.15, 0.2) is 0 Å². The van der Waals surface area contributed by atoms with E-state index in [-0.39, 0.29) is 5.91 Å². The fourth-order valence-electron chi connectivity index (χ4n) is 2.59. The van der Waals surface area contributed by atoms with Gasteiger partial charge in [-0.3, -0.25) is 9.59 Å². The van der Waals surface area contributed by atoms with Crippen LogP contribution in [0.3, 0.4) is 0 Å². The topological polar surface area (TPSA) is 57.6 Å². The van der Waals surface area contributed by atoms with Gasteiger partial charge in [0.1, 0.15) is 0 Å². The Balaban J connectivity index is 2.43. The lowest BCUT2D eigenvalue weighted by Crippen LogP contribution is -2.46. The lowest BCUT2D eigenvalue weighted by atomic mass is 9.76. The van der Waals surface area contributed by atoms with Gasteiger partial charge in [-0.2, -0.15) is 0 Å². The lowest BCUT2D eigenvalue weighted by molar-refractivity contribution is -0.154. The van der Waals surface area contributed by atoms with E-state index in [4.69, 9.17) is 0 Å². The van der Waals surface area contributed by atoms with E-state index in [0.717, 1.165) is 19.3 Å². The Labute approximate surface area is 109 Å². The summed E-state index contributed by atoms with van der Waals surface area (Å²) in [7, 11) is 0. The number of carboxylic acids is 1. The summed E-state index contributed by atoms with van der Waals surface area (Å²) in [6.45, 7) is 5.25. The molecule has 18 heavy (non-hydrogen) atoms. The maximum absolute atomic E-state index is 11.9. The molecule has 4 nitrogen and oxygen atoms in total. The highest BCUT2D eigenvalue weighted by molar-refractivity contribution is 5.78. The van der Waals surface area contributed by atoms with Crippen LogP contribution >= 0.6 is 0 Å². The summed E-state index contributed by atoms with van der Waals surface area (Å²) in [4.78, 5) is 25.1. The second-order valence-corrected chi connectivity index (χ2v) is 5.28. The molecule has 0 aromatic heterocycles. The standard InChI is InChI=1S/C14H25NO3/c1-3-5-6-7-12(16)15-10-8-14(4-2,9-11-15)13(17)18/h3-11H2,1-2H3,(H,17,18). The van der Waals surface area contributed by atoms with E-state index in [1.165, 1.54) is 0 Å². The van der Waals surface area contributed by atoms with Crippen molar-refractivity contribution in [3.05, 3.63) is 0 Å². The van der Waals surface area contributed by atoms with Crippen LogP contribution in [0.1, 0.15) is 58.8 Å². The van der Waals surface area contributed by atoms with E-state index < -0.39 is 11.4 Å². The van der Waals surface area contributed by atoms with E-state index in [2.05, 4.69) is 6.92 Å². The van der Waals surface area contributed by atoms with Gasteiger partial charge in [0, 0.05) is 19.5 Å². The van der Waals surface area contributed by atoms with Crippen LogP contribution in [-0.4, -0.2) is 35.0 Å². The first-order valence-electron chi connectivity index (χ1n) is 7.07. The number of carboxylic acid groups (broad SMARTS) is 1. The van der Waals surface area contributed by atoms with Gasteiger partial charge in [-0.15, -0.1) is 0 Å². The molecule has 1 aliphatic rings. The number of aliphatic carboxylic acids is 1. The van der Waals surface area contributed by atoms with Crippen LogP contribution in [0.15, 0.2) is 0 Å². The Morgan fingerprint density at radius 2 is 1.78 bits per heavy atom. The quantitative estimate of drug-likeness (QED) is 0.742. The summed E-state index contributed by atoms with van der Waals surface area (Å²) in [5, 5.41) is 9.28. The predicted octanol–water partition coefficient (Wildman–Crippen LogP) is 2.67. The molecular formula is C14H25NO3. The summed E-state index contributed by atoms with van der Waals surface area (Å²) < 4.78 is 0. The van der Waals surface area contributed by atoms with Crippen LogP contribution in [0.4, 0.5) is 0 Å². The maximum Gasteiger partial charge on any atom is 0.309 e. The number of carbonyl (C=O) groups excluding carboxylic acids is 1. The predicted molar refractivity (Wildman–Crippen MR) is 70.3 cm³/mol. The van der Waals surface area contributed by atoms with Crippen LogP contribution in [0, 0.1) is 5.41 Å². The fraction of sp³-hybridized carbons (Fsp3) is 0.857. The smallest absolute Gasteiger partial charge is 0.309 e. The van der Waals surface area contributed by atoms with Crippen molar-refractivity contribution in [1.29, 1.82) is 0 Å². The number of rotatable bonds is 6. The van der Waals surface area contributed by atoms with Crippen molar-refractivity contribution in [1.82, 2.24) is 4.90 Å². The number of unbranched alkanes of at least 4 members (excludes halogenated alkanes) is 2. The number of carbonyl (C=O) groups is 2. The third kappa shape index (κ3) is 3.47. The van der Waals surface area contributed by atoms with Crippen molar-refractivity contribution in [2.24, 2.45) is 5.41 Å². The number of amides is 1. The average molecular weight is 255 g/mol. The number of hydrogen-bond donors (Lipinski definition) is 1. The van der Waals surface area contributed by atoms with Crippen LogP contribution in [0.25, 0.3) is 0 Å². The highest BCUT2D eigenvalue weighted by atomic mass is 16.4. The normalized spacial score (nSPS) is 18.7. The first-order chi connectivity index (χ1) is 8.55. The summed E-state index contributed by atoms with van der Waals surface area (Å²) in [5.74, 6) is -0.512. The van der Waals surface area contributed by atoms with Gasteiger partial charge in [-0.25, -0.2) is 0 Å². The Morgan fingerprint density at radius 3 is 2.22 bits per heavy atom. The molecule has 1 N–H and O–H groups in total. The number of likely N-dealkylation sites (tertiary alicyclic amines) is 1. The molecule has 1 aliphatic heterocycles. The van der Waals surface area contributed by atoms with Crippen LogP contribution in [0.5, 0.6) is 0 Å². The van der Waals surface area contributed by atoms with Gasteiger partial charge in [-0.05, 0) is 25.7 Å². The summed E-state index contributed by atoms with van der Waals surface area (Å²) >= 11 is 0. The first kappa shape index (κ1) is 15.0. The van der Waals surface area contributed by atoms with E-state index in [0.29, 0.717) is 38.8 Å². The van der Waals surface area contributed by atoms with Crippen molar-refractivity contribution in [3.63, 3.8) is 0 Å². The van der Waals surface area contributed by atoms with Crippen molar-refractivity contribution < 1.29 is 14.7 Å². The zero-order chi connectivity index (χ0) is 13.6. The lowest BCUT2D eigenvalue weighted by Gasteiger charge is -2.38. The molecule has 0 bridgehead atoms. The number of nitrogens with zero attached hydrogens (tertiary/aromatic N) is 1. The molecule has 1 amide bonds. The van der Waals surface area contributed by atoms with Gasteiger partial charge in [0.2, 0.25) is 5.91 Å². The minimum Gasteiger partial charge on any atom is -0.481 e. The third-order valence-corrected chi connectivity index (χ3v) is 4.20. The molecule has 0 aromatic carbocycles. The average Bonchev–Trinajstić information content (AvgIpc) is 2.38. The molecule has 0 radical (unpaired) electrons. The van der Waals surface area contributed by atoms with Crippen molar-refractivity contribution in [3.8, 4) is 0 Å². The second kappa shape index (κ2) is 6.76. The van der Waals surface area contributed by atoms with Crippen LogP contribution in [0.2, 0.25) is 0 Å². The van der Waals surface area contributed by atoms with E-state index in [9.17, 15) is 14.7 Å². The molecule has 1 fully saturated rings. The molecule has 1 heterocycles. The maximum atomic E-state index is 11.9. The zero-order valence-electron chi connectivity index (χ0n) is 11.6. The summed E-state index contributed by atoms with van der Waals surface area (Å²) in [6, 6.07) is 0. The van der Waals surface area contributed by atoms with Crippen molar-refractivity contribution >= 4 is 11.9 Å². The van der Waals surface area contributed by atoms with Gasteiger partial charge in [-0.1, -0.05) is 26.7 Å². The second-order valence-electron chi connectivity index (χ2n) is 5.28. The Morgan fingerprint density at radius 1 is 1.17 bits per heavy atom. The van der Waals surface area contributed by atoms with Crippen LogP contribution < -0.4 is 0 Å².